The molecule has 0 aliphatic carbocycles. The molecule has 1 aromatic carbocycles. The second-order valence-corrected chi connectivity index (χ2v) is 4.00. The zero-order valence-electron chi connectivity index (χ0n) is 10.3. The van der Waals surface area contributed by atoms with E-state index in [0.29, 0.717) is 19.5 Å². The molecule has 1 unspecified atom stereocenters. The smallest absolute Gasteiger partial charge is 0.239 e. The van der Waals surface area contributed by atoms with Gasteiger partial charge in [-0.2, -0.15) is 0 Å². The number of benzene rings is 1. The van der Waals surface area contributed by atoms with E-state index in [1.165, 1.54) is 12.1 Å². The molecule has 3 nitrogen and oxygen atoms in total. The van der Waals surface area contributed by atoms with Crippen molar-refractivity contribution < 1.29 is 9.18 Å². The topological polar surface area (TPSA) is 46.3 Å². The van der Waals surface area contributed by atoms with Gasteiger partial charge in [-0.25, -0.2) is 4.39 Å². The van der Waals surface area contributed by atoms with E-state index in [9.17, 15) is 9.18 Å². The molecular weight excluding hydrogens is 219 g/mol. The zero-order valence-corrected chi connectivity index (χ0v) is 10.3. The first-order chi connectivity index (χ1) is 8.08. The summed E-state index contributed by atoms with van der Waals surface area (Å²) in [4.78, 5) is 13.5. The Hall–Kier alpha value is -1.42. The molecule has 0 fully saturated rings. The predicted molar refractivity (Wildman–Crippen MR) is 65.8 cm³/mol. The monoisotopic (exact) mass is 238 g/mol. The summed E-state index contributed by atoms with van der Waals surface area (Å²) in [5.41, 5.74) is 6.49. The molecule has 0 aromatic heterocycles. The second-order valence-electron chi connectivity index (χ2n) is 4.00. The summed E-state index contributed by atoms with van der Waals surface area (Å²) in [6.07, 6.45) is 0.610. The van der Waals surface area contributed by atoms with Crippen molar-refractivity contribution in [2.24, 2.45) is 5.73 Å². The van der Waals surface area contributed by atoms with Gasteiger partial charge in [0.15, 0.2) is 0 Å². The quantitative estimate of drug-likeness (QED) is 0.851. The number of hydrogen-bond acceptors (Lipinski definition) is 2. The number of nitrogens with two attached hydrogens (primary N) is 1. The largest absolute Gasteiger partial charge is 0.337 e. The minimum atomic E-state index is -0.469. The predicted octanol–water partition coefficient (Wildman–Crippen LogP) is 1.91. The van der Waals surface area contributed by atoms with Crippen molar-refractivity contribution in [3.8, 4) is 0 Å². The Balaban J connectivity index is 2.73. The molecule has 1 rings (SSSR count). The highest BCUT2D eigenvalue weighted by Gasteiger charge is 2.18. The van der Waals surface area contributed by atoms with Crippen molar-refractivity contribution in [2.45, 2.75) is 32.9 Å². The fourth-order valence-electron chi connectivity index (χ4n) is 1.61. The Morgan fingerprint density at radius 2 is 2.18 bits per heavy atom. The van der Waals surface area contributed by atoms with Crippen LogP contribution in [0.25, 0.3) is 0 Å². The van der Waals surface area contributed by atoms with Crippen LogP contribution in [0.5, 0.6) is 0 Å². The van der Waals surface area contributed by atoms with Gasteiger partial charge in [-0.15, -0.1) is 0 Å². The van der Waals surface area contributed by atoms with Gasteiger partial charge in [-0.1, -0.05) is 19.1 Å². The summed E-state index contributed by atoms with van der Waals surface area (Å²) >= 11 is 0. The minimum Gasteiger partial charge on any atom is -0.337 e. The molecular formula is C13H19FN2O. The molecule has 4 heteroatoms. The molecule has 2 N–H and O–H groups in total. The molecule has 1 atom stereocenters. The standard InChI is InChI=1S/C13H19FN2O/c1-3-12(15)13(17)16(4-2)9-10-6-5-7-11(14)8-10/h5-8,12H,3-4,9,15H2,1-2H3. The summed E-state index contributed by atoms with van der Waals surface area (Å²) in [5, 5.41) is 0. The number of likely N-dealkylation sites (N-methyl/N-ethyl adjacent to an activating group) is 1. The summed E-state index contributed by atoms with van der Waals surface area (Å²) in [5.74, 6) is -0.370. The van der Waals surface area contributed by atoms with Gasteiger partial charge in [0.25, 0.3) is 0 Å². The van der Waals surface area contributed by atoms with Crippen LogP contribution in [0.15, 0.2) is 24.3 Å². The van der Waals surface area contributed by atoms with Gasteiger partial charge in [0.2, 0.25) is 5.91 Å². The molecule has 0 saturated carbocycles. The molecule has 1 amide bonds. The van der Waals surface area contributed by atoms with Crippen molar-refractivity contribution in [1.82, 2.24) is 4.90 Å². The van der Waals surface area contributed by atoms with E-state index in [-0.39, 0.29) is 11.7 Å². The Bertz CT molecular complexity index is 381. The van der Waals surface area contributed by atoms with E-state index in [0.717, 1.165) is 5.56 Å². The minimum absolute atomic E-state index is 0.0840. The normalized spacial score (nSPS) is 12.2. The third-order valence-electron chi connectivity index (χ3n) is 2.71. The number of halogens is 1. The van der Waals surface area contributed by atoms with Crippen molar-refractivity contribution in [3.05, 3.63) is 35.6 Å². The lowest BCUT2D eigenvalue weighted by Crippen LogP contribution is -2.42. The van der Waals surface area contributed by atoms with Crippen molar-refractivity contribution >= 4 is 5.91 Å². The van der Waals surface area contributed by atoms with Gasteiger partial charge in [-0.05, 0) is 31.0 Å². The van der Waals surface area contributed by atoms with Gasteiger partial charge in [0.05, 0.1) is 6.04 Å². The lowest BCUT2D eigenvalue weighted by molar-refractivity contribution is -0.133. The number of rotatable bonds is 5. The van der Waals surface area contributed by atoms with Crippen molar-refractivity contribution in [1.29, 1.82) is 0 Å². The third kappa shape index (κ3) is 3.82. The molecule has 1 aromatic rings. The first-order valence-electron chi connectivity index (χ1n) is 5.87. The summed E-state index contributed by atoms with van der Waals surface area (Å²) in [7, 11) is 0. The number of carbonyl (C=O) groups excluding carboxylic acids is 1. The molecule has 0 bridgehead atoms. The zero-order chi connectivity index (χ0) is 12.8. The number of nitrogens with zero attached hydrogens (tertiary/aromatic N) is 1. The first kappa shape index (κ1) is 13.6. The fraction of sp³-hybridized carbons (Fsp3) is 0.462. The fourth-order valence-corrected chi connectivity index (χ4v) is 1.61. The maximum Gasteiger partial charge on any atom is 0.239 e. The van der Waals surface area contributed by atoms with E-state index in [1.54, 1.807) is 17.0 Å². The van der Waals surface area contributed by atoms with Gasteiger partial charge in [0, 0.05) is 13.1 Å². The van der Waals surface area contributed by atoms with Gasteiger partial charge < -0.3 is 10.6 Å². The maximum absolute atomic E-state index is 13.0. The number of hydrogen-bond donors (Lipinski definition) is 1. The van der Waals surface area contributed by atoms with Gasteiger partial charge in [-0.3, -0.25) is 4.79 Å². The molecule has 0 aliphatic rings. The third-order valence-corrected chi connectivity index (χ3v) is 2.71. The Morgan fingerprint density at radius 3 is 2.71 bits per heavy atom. The summed E-state index contributed by atoms with van der Waals surface area (Å²) in [6, 6.07) is 5.80. The summed E-state index contributed by atoms with van der Waals surface area (Å²) < 4.78 is 13.0. The lowest BCUT2D eigenvalue weighted by atomic mass is 10.1. The van der Waals surface area contributed by atoms with E-state index in [4.69, 9.17) is 5.73 Å². The van der Waals surface area contributed by atoms with Crippen LogP contribution in [0.4, 0.5) is 4.39 Å². The molecule has 0 spiro atoms. The van der Waals surface area contributed by atoms with Crippen LogP contribution >= 0.6 is 0 Å². The Kier molecular flexibility index (Phi) is 5.10. The van der Waals surface area contributed by atoms with Gasteiger partial charge >= 0.3 is 0 Å². The van der Waals surface area contributed by atoms with E-state index >= 15 is 0 Å². The number of carbonyl (C=O) groups is 1. The van der Waals surface area contributed by atoms with Crippen LogP contribution in [0.3, 0.4) is 0 Å². The van der Waals surface area contributed by atoms with Gasteiger partial charge in [0.1, 0.15) is 5.82 Å². The van der Waals surface area contributed by atoms with Crippen LogP contribution in [-0.4, -0.2) is 23.4 Å². The first-order valence-corrected chi connectivity index (χ1v) is 5.87. The SMILES string of the molecule is CCC(N)C(=O)N(CC)Cc1cccc(F)c1. The van der Waals surface area contributed by atoms with Crippen LogP contribution in [-0.2, 0) is 11.3 Å². The van der Waals surface area contributed by atoms with E-state index < -0.39 is 6.04 Å². The molecule has 0 radical (unpaired) electrons. The van der Waals surface area contributed by atoms with Crippen LogP contribution in [0.2, 0.25) is 0 Å². The molecule has 94 valence electrons. The molecule has 0 aliphatic heterocycles. The average Bonchev–Trinajstić information content (AvgIpc) is 2.34. The lowest BCUT2D eigenvalue weighted by Gasteiger charge is -2.23. The van der Waals surface area contributed by atoms with Crippen LogP contribution in [0.1, 0.15) is 25.8 Å². The second kappa shape index (κ2) is 6.35. The summed E-state index contributed by atoms with van der Waals surface area (Å²) in [6.45, 7) is 4.74. The van der Waals surface area contributed by atoms with Crippen LogP contribution < -0.4 is 5.73 Å². The molecule has 0 saturated heterocycles. The van der Waals surface area contributed by atoms with E-state index in [1.807, 2.05) is 13.8 Å². The highest BCUT2D eigenvalue weighted by Crippen LogP contribution is 2.08. The van der Waals surface area contributed by atoms with Crippen molar-refractivity contribution in [3.63, 3.8) is 0 Å². The molecule has 0 heterocycles. The van der Waals surface area contributed by atoms with Crippen LogP contribution in [0, 0.1) is 5.82 Å². The highest BCUT2D eigenvalue weighted by molar-refractivity contribution is 5.81. The maximum atomic E-state index is 13.0. The number of amides is 1. The average molecular weight is 238 g/mol. The Labute approximate surface area is 101 Å². The highest BCUT2D eigenvalue weighted by atomic mass is 19.1. The van der Waals surface area contributed by atoms with E-state index in [2.05, 4.69) is 0 Å². The van der Waals surface area contributed by atoms with Crippen molar-refractivity contribution in [2.75, 3.05) is 6.54 Å². The molecule has 17 heavy (non-hydrogen) atoms. The Morgan fingerprint density at radius 1 is 1.47 bits per heavy atom.